The third-order valence-corrected chi connectivity index (χ3v) is 4.66. The van der Waals surface area contributed by atoms with Gasteiger partial charge in [0.15, 0.2) is 5.25 Å². The van der Waals surface area contributed by atoms with Crippen LogP contribution >= 0.6 is 0 Å². The van der Waals surface area contributed by atoms with Gasteiger partial charge in [-0.1, -0.05) is 12.1 Å². The summed E-state index contributed by atoms with van der Waals surface area (Å²) in [6, 6.07) is 5.11. The van der Waals surface area contributed by atoms with Crippen molar-refractivity contribution < 1.29 is 27.5 Å². The van der Waals surface area contributed by atoms with Crippen LogP contribution in [0.2, 0.25) is 0 Å². The molecule has 3 N–H and O–H groups in total. The molecule has 3 amide bonds. The number of amides is 3. The van der Waals surface area contributed by atoms with Crippen molar-refractivity contribution in [3.8, 4) is 0 Å². The maximum Gasteiger partial charge on any atom is 0.340 e. The van der Waals surface area contributed by atoms with Crippen LogP contribution in [0.3, 0.4) is 0 Å². The molecule has 1 saturated heterocycles. The highest BCUT2D eigenvalue weighted by Crippen LogP contribution is 2.19. The summed E-state index contributed by atoms with van der Waals surface area (Å²) >= 11 is 0. The zero-order chi connectivity index (χ0) is 17.0. The van der Waals surface area contributed by atoms with Crippen molar-refractivity contribution in [2.45, 2.75) is 12.2 Å². The lowest BCUT2D eigenvalue weighted by atomic mass is 10.2. The average molecular weight is 341 g/mol. The first kappa shape index (κ1) is 16.7. The number of hydrogen-bond donors (Lipinski definition) is 3. The lowest BCUT2D eigenvalue weighted by Gasteiger charge is -2.23. The summed E-state index contributed by atoms with van der Waals surface area (Å²) in [5, 5.41) is 2.61. The molecule has 9 nitrogen and oxygen atoms in total. The van der Waals surface area contributed by atoms with E-state index in [1.54, 1.807) is 13.0 Å². The van der Waals surface area contributed by atoms with E-state index in [-0.39, 0.29) is 24.4 Å². The van der Waals surface area contributed by atoms with E-state index in [0.717, 1.165) is 0 Å². The molecule has 1 aromatic rings. The van der Waals surface area contributed by atoms with Gasteiger partial charge in [0.25, 0.3) is 0 Å². The second-order valence-electron chi connectivity index (χ2n) is 4.60. The summed E-state index contributed by atoms with van der Waals surface area (Å²) in [4.78, 5) is 34.5. The fraction of sp³-hybridized carbons (Fsp3) is 0.308. The number of rotatable bonds is 5. The zero-order valence-electron chi connectivity index (χ0n) is 12.2. The number of urea groups is 1. The first-order valence-electron chi connectivity index (χ1n) is 6.71. The van der Waals surface area contributed by atoms with E-state index in [1.807, 2.05) is 5.32 Å². The second kappa shape index (κ2) is 6.65. The van der Waals surface area contributed by atoms with Gasteiger partial charge in [0, 0.05) is 6.54 Å². The van der Waals surface area contributed by atoms with Gasteiger partial charge in [-0.15, -0.1) is 0 Å². The van der Waals surface area contributed by atoms with Crippen LogP contribution in [-0.2, 0) is 19.6 Å². The Morgan fingerprint density at radius 3 is 2.70 bits per heavy atom. The van der Waals surface area contributed by atoms with Gasteiger partial charge in [-0.3, -0.25) is 14.8 Å². The second-order valence-corrected chi connectivity index (χ2v) is 6.46. The van der Waals surface area contributed by atoms with Gasteiger partial charge >= 0.3 is 12.0 Å². The van der Waals surface area contributed by atoms with E-state index >= 15 is 0 Å². The SMILES string of the molecule is CCOC(=O)c1ccccc1NS(=O)(=O)C1CNC(=O)NC1=O. The van der Waals surface area contributed by atoms with Crippen LogP contribution in [0.15, 0.2) is 24.3 Å². The zero-order valence-corrected chi connectivity index (χ0v) is 13.0. The van der Waals surface area contributed by atoms with E-state index in [4.69, 9.17) is 4.74 Å². The summed E-state index contributed by atoms with van der Waals surface area (Å²) in [6.07, 6.45) is 0. The van der Waals surface area contributed by atoms with Crippen molar-refractivity contribution in [3.63, 3.8) is 0 Å². The number of imide groups is 1. The van der Waals surface area contributed by atoms with Gasteiger partial charge < -0.3 is 10.1 Å². The lowest BCUT2D eigenvalue weighted by molar-refractivity contribution is -0.120. The van der Waals surface area contributed by atoms with Crippen LogP contribution in [-0.4, -0.2) is 44.7 Å². The number of carbonyl (C=O) groups excluding carboxylic acids is 3. The minimum absolute atomic E-state index is 0.00403. The number of benzene rings is 1. The Morgan fingerprint density at radius 1 is 1.35 bits per heavy atom. The smallest absolute Gasteiger partial charge is 0.340 e. The molecule has 0 spiro atoms. The number of anilines is 1. The van der Waals surface area contributed by atoms with Crippen molar-refractivity contribution in [2.75, 3.05) is 17.9 Å². The third-order valence-electron chi connectivity index (χ3n) is 3.03. The minimum atomic E-state index is -4.16. The summed E-state index contributed by atoms with van der Waals surface area (Å²) in [5.41, 5.74) is 0.0221. The van der Waals surface area contributed by atoms with Crippen LogP contribution in [0, 0.1) is 0 Å². The summed E-state index contributed by atoms with van der Waals surface area (Å²) in [6.45, 7) is 1.40. The molecule has 1 unspecified atom stereocenters. The molecule has 2 rings (SSSR count). The van der Waals surface area contributed by atoms with E-state index in [2.05, 4.69) is 10.0 Å². The Bertz CT molecular complexity index is 746. The summed E-state index contributed by atoms with van der Waals surface area (Å²) in [5.74, 6) is -1.62. The maximum absolute atomic E-state index is 12.3. The molecule has 1 atom stereocenters. The highest BCUT2D eigenvalue weighted by molar-refractivity contribution is 7.94. The first-order chi connectivity index (χ1) is 10.8. The van der Waals surface area contributed by atoms with Crippen molar-refractivity contribution in [2.24, 2.45) is 0 Å². The first-order valence-corrected chi connectivity index (χ1v) is 8.26. The van der Waals surface area contributed by atoms with Crippen LogP contribution in [0.25, 0.3) is 0 Å². The molecule has 1 aromatic carbocycles. The van der Waals surface area contributed by atoms with Crippen LogP contribution < -0.4 is 15.4 Å². The Morgan fingerprint density at radius 2 is 2.04 bits per heavy atom. The van der Waals surface area contributed by atoms with E-state index in [9.17, 15) is 22.8 Å². The molecule has 1 aliphatic heterocycles. The van der Waals surface area contributed by atoms with Crippen LogP contribution in [0.4, 0.5) is 10.5 Å². The standard InChI is InChI=1S/C13H15N3O6S/c1-2-22-12(18)8-5-3-4-6-9(8)16-23(20,21)10-7-14-13(19)15-11(10)17/h3-6,10,16H,2,7H2,1H3,(H2,14,15,17,19). The molecular formula is C13H15N3O6S. The van der Waals surface area contributed by atoms with Gasteiger partial charge in [0.2, 0.25) is 15.9 Å². The molecule has 0 saturated carbocycles. The fourth-order valence-electron chi connectivity index (χ4n) is 1.95. The quantitative estimate of drug-likeness (QED) is 0.637. The van der Waals surface area contributed by atoms with Gasteiger partial charge in [-0.25, -0.2) is 18.0 Å². The van der Waals surface area contributed by atoms with Gasteiger partial charge in [-0.2, -0.15) is 0 Å². The van der Waals surface area contributed by atoms with Crippen molar-refractivity contribution in [1.29, 1.82) is 0 Å². The molecule has 1 fully saturated rings. The van der Waals surface area contributed by atoms with Crippen LogP contribution in [0.1, 0.15) is 17.3 Å². The Labute approximate surface area is 132 Å². The van der Waals surface area contributed by atoms with Gasteiger partial charge in [-0.05, 0) is 19.1 Å². The molecule has 23 heavy (non-hydrogen) atoms. The third kappa shape index (κ3) is 3.77. The molecule has 10 heteroatoms. The highest BCUT2D eigenvalue weighted by Gasteiger charge is 2.37. The number of esters is 1. The summed E-state index contributed by atoms with van der Waals surface area (Å²) < 4.78 is 31.7. The maximum atomic E-state index is 12.3. The van der Waals surface area contributed by atoms with E-state index < -0.39 is 33.2 Å². The Balaban J connectivity index is 2.26. The number of nitrogens with one attached hydrogen (secondary N) is 3. The highest BCUT2D eigenvalue weighted by atomic mass is 32.2. The molecule has 0 radical (unpaired) electrons. The van der Waals surface area contributed by atoms with Crippen molar-refractivity contribution in [3.05, 3.63) is 29.8 Å². The molecular weight excluding hydrogens is 326 g/mol. The predicted molar refractivity (Wildman–Crippen MR) is 80.3 cm³/mol. The fourth-order valence-corrected chi connectivity index (χ4v) is 3.22. The summed E-state index contributed by atoms with van der Waals surface area (Å²) in [7, 11) is -4.16. The topological polar surface area (TPSA) is 131 Å². The number of ether oxygens (including phenoxy) is 1. The molecule has 0 aromatic heterocycles. The molecule has 1 aliphatic rings. The van der Waals surface area contributed by atoms with Crippen molar-refractivity contribution in [1.82, 2.24) is 10.6 Å². The van der Waals surface area contributed by atoms with Crippen molar-refractivity contribution >= 4 is 33.6 Å². The molecule has 0 aliphatic carbocycles. The van der Waals surface area contributed by atoms with Gasteiger partial charge in [0.05, 0.1) is 17.9 Å². The Hall–Kier alpha value is -2.62. The predicted octanol–water partition coefficient (Wildman–Crippen LogP) is -0.187. The van der Waals surface area contributed by atoms with E-state index in [0.29, 0.717) is 0 Å². The number of sulfonamides is 1. The number of hydrogen-bond acceptors (Lipinski definition) is 6. The normalized spacial score (nSPS) is 17.9. The van der Waals surface area contributed by atoms with Crippen LogP contribution in [0.5, 0.6) is 0 Å². The minimum Gasteiger partial charge on any atom is -0.462 e. The average Bonchev–Trinajstić information content (AvgIpc) is 2.47. The molecule has 124 valence electrons. The number of para-hydroxylation sites is 1. The largest absolute Gasteiger partial charge is 0.462 e. The Kier molecular flexibility index (Phi) is 4.84. The van der Waals surface area contributed by atoms with E-state index in [1.165, 1.54) is 18.2 Å². The molecule has 1 heterocycles. The van der Waals surface area contributed by atoms with Gasteiger partial charge in [0.1, 0.15) is 0 Å². The lowest BCUT2D eigenvalue weighted by Crippen LogP contribution is -2.58. The monoisotopic (exact) mass is 341 g/mol. The number of carbonyl (C=O) groups is 3. The molecule has 0 bridgehead atoms.